The first-order chi connectivity index (χ1) is 10.1. The molecule has 1 rings (SSSR count). The van der Waals surface area contributed by atoms with Gasteiger partial charge >= 0.3 is 0 Å². The average Bonchev–Trinajstić information content (AvgIpc) is 2.54. The Balaban J connectivity index is 2.96. The van der Waals surface area contributed by atoms with Crippen LogP contribution < -0.4 is 10.1 Å². The summed E-state index contributed by atoms with van der Waals surface area (Å²) in [5.74, 6) is 0.611. The van der Waals surface area contributed by atoms with E-state index >= 15 is 0 Å². The number of hydrogen-bond acceptors (Lipinski definition) is 3. The van der Waals surface area contributed by atoms with Crippen LogP contribution in [0.4, 0.5) is 0 Å². The summed E-state index contributed by atoms with van der Waals surface area (Å²) in [7, 11) is 3.20. The third-order valence-electron chi connectivity index (χ3n) is 3.45. The van der Waals surface area contributed by atoms with Crippen molar-refractivity contribution >= 4 is 11.8 Å². The Bertz CT molecular complexity index is 471. The molecule has 0 radical (unpaired) electrons. The number of amides is 2. The van der Waals surface area contributed by atoms with Crippen molar-refractivity contribution in [2.45, 2.75) is 39.3 Å². The number of rotatable bonds is 7. The molecule has 5 heteroatoms. The highest BCUT2D eigenvalue weighted by molar-refractivity contribution is 5.87. The lowest BCUT2D eigenvalue weighted by atomic mass is 10.1. The van der Waals surface area contributed by atoms with Crippen LogP contribution in [0.2, 0.25) is 0 Å². The number of hydrogen-bond donors (Lipinski definition) is 1. The van der Waals surface area contributed by atoms with Gasteiger partial charge in [0.1, 0.15) is 11.8 Å². The number of benzene rings is 1. The molecule has 0 saturated carbocycles. The van der Waals surface area contributed by atoms with Gasteiger partial charge in [-0.05, 0) is 24.1 Å². The molecule has 1 aromatic carbocycles. The van der Waals surface area contributed by atoms with Crippen molar-refractivity contribution in [1.29, 1.82) is 0 Å². The van der Waals surface area contributed by atoms with Crippen LogP contribution in [0.15, 0.2) is 24.3 Å². The Morgan fingerprint density at radius 3 is 2.29 bits per heavy atom. The van der Waals surface area contributed by atoms with Crippen LogP contribution in [0.3, 0.4) is 0 Å². The fourth-order valence-electron chi connectivity index (χ4n) is 2.22. The number of nitrogens with zero attached hydrogens (tertiary/aromatic N) is 1. The third-order valence-corrected chi connectivity index (χ3v) is 3.45. The number of carbonyl (C=O) groups is 2. The van der Waals surface area contributed by atoms with E-state index in [1.165, 1.54) is 0 Å². The molecule has 0 spiro atoms. The van der Waals surface area contributed by atoms with Crippen LogP contribution in [-0.2, 0) is 16.1 Å². The molecule has 0 aromatic heterocycles. The normalized spacial score (nSPS) is 11.6. The Labute approximate surface area is 126 Å². The van der Waals surface area contributed by atoms with Gasteiger partial charge in [0.05, 0.1) is 7.11 Å². The predicted molar refractivity (Wildman–Crippen MR) is 82.0 cm³/mol. The summed E-state index contributed by atoms with van der Waals surface area (Å²) < 4.78 is 5.12. The Morgan fingerprint density at radius 2 is 1.86 bits per heavy atom. The van der Waals surface area contributed by atoms with Gasteiger partial charge in [-0.2, -0.15) is 0 Å². The van der Waals surface area contributed by atoms with E-state index < -0.39 is 6.04 Å². The van der Waals surface area contributed by atoms with E-state index in [1.54, 1.807) is 26.0 Å². The Kier molecular flexibility index (Phi) is 6.72. The van der Waals surface area contributed by atoms with E-state index in [2.05, 4.69) is 5.32 Å². The second-order valence-electron chi connectivity index (χ2n) is 4.76. The third kappa shape index (κ3) is 4.48. The first kappa shape index (κ1) is 17.0. The summed E-state index contributed by atoms with van der Waals surface area (Å²) >= 11 is 0. The van der Waals surface area contributed by atoms with Gasteiger partial charge in [-0.25, -0.2) is 0 Å². The number of carbonyl (C=O) groups excluding carboxylic acids is 2. The molecular formula is C16H24N2O3. The standard InChI is InChI=1S/C16H24N2O3/c1-5-14(16(20)17-3)18(15(19)6-2)11-12-7-9-13(21-4)10-8-12/h7-10,14H,5-6,11H2,1-4H3,(H,17,20)/t14-/m0/s1. The predicted octanol–water partition coefficient (Wildman–Crippen LogP) is 1.96. The largest absolute Gasteiger partial charge is 0.497 e. The van der Waals surface area contributed by atoms with Crippen LogP contribution in [0.5, 0.6) is 5.75 Å². The van der Waals surface area contributed by atoms with Crippen molar-refractivity contribution in [3.8, 4) is 5.75 Å². The first-order valence-electron chi connectivity index (χ1n) is 7.21. The minimum Gasteiger partial charge on any atom is -0.497 e. The lowest BCUT2D eigenvalue weighted by Crippen LogP contribution is -2.47. The highest BCUT2D eigenvalue weighted by Crippen LogP contribution is 2.16. The molecule has 0 unspecified atom stereocenters. The quantitative estimate of drug-likeness (QED) is 0.835. The number of methoxy groups -OCH3 is 1. The van der Waals surface area contributed by atoms with Crippen LogP contribution in [0.25, 0.3) is 0 Å². The van der Waals surface area contributed by atoms with Crippen molar-refractivity contribution in [2.24, 2.45) is 0 Å². The Hall–Kier alpha value is -2.04. The highest BCUT2D eigenvalue weighted by Gasteiger charge is 2.26. The summed E-state index contributed by atoms with van der Waals surface area (Å²) in [6.07, 6.45) is 0.964. The smallest absolute Gasteiger partial charge is 0.242 e. The molecule has 0 fully saturated rings. The van der Waals surface area contributed by atoms with E-state index in [4.69, 9.17) is 4.74 Å². The monoisotopic (exact) mass is 292 g/mol. The van der Waals surface area contributed by atoms with Gasteiger partial charge in [0.25, 0.3) is 0 Å². The maximum absolute atomic E-state index is 12.2. The van der Waals surface area contributed by atoms with Crippen LogP contribution in [0.1, 0.15) is 32.3 Å². The maximum Gasteiger partial charge on any atom is 0.242 e. The summed E-state index contributed by atoms with van der Waals surface area (Å²) in [5, 5.41) is 2.63. The summed E-state index contributed by atoms with van der Waals surface area (Å²) in [4.78, 5) is 25.8. The lowest BCUT2D eigenvalue weighted by molar-refractivity contribution is -0.141. The molecule has 2 amide bonds. The van der Waals surface area contributed by atoms with Crippen molar-refractivity contribution in [1.82, 2.24) is 10.2 Å². The van der Waals surface area contributed by atoms with Gasteiger partial charge in [-0.3, -0.25) is 9.59 Å². The minimum absolute atomic E-state index is 0.0266. The van der Waals surface area contributed by atoms with Gasteiger partial charge < -0.3 is 15.0 Å². The molecule has 116 valence electrons. The SMILES string of the molecule is CCC(=O)N(Cc1ccc(OC)cc1)[C@@H](CC)C(=O)NC. The minimum atomic E-state index is -0.440. The maximum atomic E-state index is 12.2. The van der Waals surface area contributed by atoms with E-state index in [-0.39, 0.29) is 11.8 Å². The molecule has 0 aliphatic heterocycles. The second-order valence-corrected chi connectivity index (χ2v) is 4.76. The molecule has 0 saturated heterocycles. The van der Waals surface area contributed by atoms with Gasteiger partial charge in [-0.15, -0.1) is 0 Å². The first-order valence-corrected chi connectivity index (χ1v) is 7.21. The molecule has 1 atom stereocenters. The van der Waals surface area contributed by atoms with E-state index in [0.717, 1.165) is 11.3 Å². The summed E-state index contributed by atoms with van der Waals surface area (Å²) in [6.45, 7) is 4.13. The molecule has 21 heavy (non-hydrogen) atoms. The van der Waals surface area contributed by atoms with Crippen molar-refractivity contribution in [3.05, 3.63) is 29.8 Å². The Morgan fingerprint density at radius 1 is 1.24 bits per heavy atom. The van der Waals surface area contributed by atoms with Gasteiger partial charge in [0.2, 0.25) is 11.8 Å². The molecule has 5 nitrogen and oxygen atoms in total. The molecule has 1 N–H and O–H groups in total. The topological polar surface area (TPSA) is 58.6 Å². The van der Waals surface area contributed by atoms with E-state index in [0.29, 0.717) is 19.4 Å². The number of nitrogens with one attached hydrogen (secondary N) is 1. The summed E-state index contributed by atoms with van der Waals surface area (Å²) in [6, 6.07) is 7.08. The number of likely N-dealkylation sites (N-methyl/N-ethyl adjacent to an activating group) is 1. The summed E-state index contributed by atoms with van der Waals surface area (Å²) in [5.41, 5.74) is 0.972. The van der Waals surface area contributed by atoms with Crippen molar-refractivity contribution in [2.75, 3.05) is 14.2 Å². The lowest BCUT2D eigenvalue weighted by Gasteiger charge is -2.30. The van der Waals surface area contributed by atoms with E-state index in [1.807, 2.05) is 31.2 Å². The zero-order valence-corrected chi connectivity index (χ0v) is 13.2. The van der Waals surface area contributed by atoms with Crippen LogP contribution >= 0.6 is 0 Å². The molecule has 0 bridgehead atoms. The van der Waals surface area contributed by atoms with E-state index in [9.17, 15) is 9.59 Å². The molecular weight excluding hydrogens is 268 g/mol. The van der Waals surface area contributed by atoms with Gasteiger partial charge in [0, 0.05) is 20.0 Å². The van der Waals surface area contributed by atoms with Crippen molar-refractivity contribution in [3.63, 3.8) is 0 Å². The van der Waals surface area contributed by atoms with Crippen LogP contribution in [0, 0.1) is 0 Å². The number of ether oxygens (including phenoxy) is 1. The average molecular weight is 292 g/mol. The van der Waals surface area contributed by atoms with Crippen LogP contribution in [-0.4, -0.2) is 36.9 Å². The van der Waals surface area contributed by atoms with Crippen molar-refractivity contribution < 1.29 is 14.3 Å². The second kappa shape index (κ2) is 8.29. The zero-order chi connectivity index (χ0) is 15.8. The fraction of sp³-hybridized carbons (Fsp3) is 0.500. The molecule has 1 aromatic rings. The molecule has 0 aliphatic rings. The van der Waals surface area contributed by atoms with Gasteiger partial charge in [-0.1, -0.05) is 26.0 Å². The highest BCUT2D eigenvalue weighted by atomic mass is 16.5. The molecule has 0 aliphatic carbocycles. The molecule has 0 heterocycles. The zero-order valence-electron chi connectivity index (χ0n) is 13.2. The fourth-order valence-corrected chi connectivity index (χ4v) is 2.22. The van der Waals surface area contributed by atoms with Gasteiger partial charge in [0.15, 0.2) is 0 Å².